The Morgan fingerprint density at radius 2 is 1.95 bits per heavy atom. The molecule has 0 bridgehead atoms. The van der Waals surface area contributed by atoms with Gasteiger partial charge in [-0.25, -0.2) is 0 Å². The van der Waals surface area contributed by atoms with Crippen LogP contribution >= 0.6 is 0 Å². The van der Waals surface area contributed by atoms with Crippen molar-refractivity contribution in [2.75, 3.05) is 4.90 Å². The molecule has 106 valence electrons. The molecule has 2 unspecified atom stereocenters. The summed E-state index contributed by atoms with van der Waals surface area (Å²) in [5.41, 5.74) is 1.43. The maximum Gasteiger partial charge on any atom is 0.303 e. The van der Waals surface area contributed by atoms with Gasteiger partial charge in [0.25, 0.3) is 0 Å². The van der Waals surface area contributed by atoms with E-state index in [1.165, 1.54) is 4.90 Å². The smallest absolute Gasteiger partial charge is 0.303 e. The Morgan fingerprint density at radius 1 is 1.35 bits per heavy atom. The zero-order valence-corrected chi connectivity index (χ0v) is 11.5. The molecule has 0 aliphatic carbocycles. The SMILES string of the molecule is CC1CC(=O)N(c2ccc(C(C)CC(=O)O)cc2)C1=O. The third-order valence-corrected chi connectivity index (χ3v) is 3.57. The summed E-state index contributed by atoms with van der Waals surface area (Å²) >= 11 is 0. The molecule has 0 aromatic heterocycles. The highest BCUT2D eigenvalue weighted by molar-refractivity contribution is 6.20. The number of benzene rings is 1. The van der Waals surface area contributed by atoms with Gasteiger partial charge in [0.2, 0.25) is 11.8 Å². The van der Waals surface area contributed by atoms with Gasteiger partial charge in [0.15, 0.2) is 0 Å². The molecular formula is C15H17NO4. The van der Waals surface area contributed by atoms with Crippen molar-refractivity contribution >= 4 is 23.5 Å². The van der Waals surface area contributed by atoms with Gasteiger partial charge in [0.05, 0.1) is 12.1 Å². The minimum atomic E-state index is -0.847. The van der Waals surface area contributed by atoms with Crippen LogP contribution < -0.4 is 4.90 Å². The van der Waals surface area contributed by atoms with E-state index in [2.05, 4.69) is 0 Å². The number of aliphatic carboxylic acids is 1. The molecule has 2 amide bonds. The Kier molecular flexibility index (Phi) is 3.88. The summed E-state index contributed by atoms with van der Waals surface area (Å²) < 4.78 is 0. The summed E-state index contributed by atoms with van der Waals surface area (Å²) in [6.45, 7) is 3.57. The fraction of sp³-hybridized carbons (Fsp3) is 0.400. The monoisotopic (exact) mass is 275 g/mol. The first-order valence-electron chi connectivity index (χ1n) is 6.58. The van der Waals surface area contributed by atoms with E-state index in [-0.39, 0.29) is 36.5 Å². The van der Waals surface area contributed by atoms with Crippen molar-refractivity contribution in [2.45, 2.75) is 32.6 Å². The van der Waals surface area contributed by atoms with Crippen LogP contribution in [-0.4, -0.2) is 22.9 Å². The highest BCUT2D eigenvalue weighted by Gasteiger charge is 2.36. The van der Waals surface area contributed by atoms with Crippen molar-refractivity contribution in [3.8, 4) is 0 Å². The molecule has 1 aliphatic rings. The molecule has 20 heavy (non-hydrogen) atoms. The first-order chi connectivity index (χ1) is 9.40. The summed E-state index contributed by atoms with van der Waals surface area (Å²) in [6.07, 6.45) is 0.300. The van der Waals surface area contributed by atoms with Gasteiger partial charge in [-0.1, -0.05) is 26.0 Å². The molecule has 0 radical (unpaired) electrons. The third kappa shape index (κ3) is 2.71. The second-order valence-corrected chi connectivity index (χ2v) is 5.26. The van der Waals surface area contributed by atoms with Gasteiger partial charge >= 0.3 is 5.97 Å². The number of carbonyl (C=O) groups excluding carboxylic acids is 2. The average Bonchev–Trinajstić information content (AvgIpc) is 2.63. The van der Waals surface area contributed by atoms with E-state index in [1.807, 2.05) is 6.92 Å². The first-order valence-corrected chi connectivity index (χ1v) is 6.58. The van der Waals surface area contributed by atoms with Crippen LogP contribution in [0.3, 0.4) is 0 Å². The van der Waals surface area contributed by atoms with Crippen LogP contribution in [0.1, 0.15) is 38.2 Å². The summed E-state index contributed by atoms with van der Waals surface area (Å²) in [5, 5.41) is 8.77. The minimum Gasteiger partial charge on any atom is -0.481 e. The van der Waals surface area contributed by atoms with E-state index in [1.54, 1.807) is 31.2 Å². The van der Waals surface area contributed by atoms with E-state index < -0.39 is 5.97 Å². The van der Waals surface area contributed by atoms with Crippen LogP contribution in [0.5, 0.6) is 0 Å². The van der Waals surface area contributed by atoms with Gasteiger partial charge < -0.3 is 5.11 Å². The normalized spacial score (nSPS) is 20.3. The largest absolute Gasteiger partial charge is 0.481 e. The number of carboxylic acid groups (broad SMARTS) is 1. The molecule has 1 saturated heterocycles. The second kappa shape index (κ2) is 5.45. The Morgan fingerprint density at radius 3 is 2.40 bits per heavy atom. The van der Waals surface area contributed by atoms with E-state index in [4.69, 9.17) is 5.11 Å². The average molecular weight is 275 g/mol. The molecule has 1 fully saturated rings. The van der Waals surface area contributed by atoms with Gasteiger partial charge in [-0.15, -0.1) is 0 Å². The Balaban J connectivity index is 2.18. The number of anilines is 1. The lowest BCUT2D eigenvalue weighted by Crippen LogP contribution is -2.29. The molecule has 5 heteroatoms. The lowest BCUT2D eigenvalue weighted by molar-refractivity contribution is -0.137. The second-order valence-electron chi connectivity index (χ2n) is 5.26. The molecule has 1 heterocycles. The first kappa shape index (κ1) is 14.2. The molecule has 5 nitrogen and oxygen atoms in total. The molecular weight excluding hydrogens is 258 g/mol. The van der Waals surface area contributed by atoms with Crippen molar-refractivity contribution in [2.24, 2.45) is 5.92 Å². The summed E-state index contributed by atoms with van der Waals surface area (Å²) in [6, 6.07) is 6.93. The van der Waals surface area contributed by atoms with Gasteiger partial charge in [-0.05, 0) is 23.6 Å². The molecule has 1 aromatic carbocycles. The van der Waals surface area contributed by atoms with Crippen LogP contribution in [0.4, 0.5) is 5.69 Å². The highest BCUT2D eigenvalue weighted by Crippen LogP contribution is 2.28. The van der Waals surface area contributed by atoms with Gasteiger partial charge in [-0.2, -0.15) is 0 Å². The third-order valence-electron chi connectivity index (χ3n) is 3.57. The maximum atomic E-state index is 11.9. The predicted molar refractivity (Wildman–Crippen MR) is 73.4 cm³/mol. The lowest BCUT2D eigenvalue weighted by Gasteiger charge is -2.16. The molecule has 1 aliphatic heterocycles. The molecule has 0 saturated carbocycles. The van der Waals surface area contributed by atoms with Crippen molar-refractivity contribution < 1.29 is 19.5 Å². The van der Waals surface area contributed by atoms with Crippen LogP contribution in [0.15, 0.2) is 24.3 Å². The highest BCUT2D eigenvalue weighted by atomic mass is 16.4. The molecule has 1 N–H and O–H groups in total. The number of hydrogen-bond donors (Lipinski definition) is 1. The van der Waals surface area contributed by atoms with Gasteiger partial charge in [0, 0.05) is 12.3 Å². The van der Waals surface area contributed by atoms with Crippen LogP contribution in [0.25, 0.3) is 0 Å². The summed E-state index contributed by atoms with van der Waals surface area (Å²) in [5.74, 6) is -1.59. The van der Waals surface area contributed by atoms with E-state index in [9.17, 15) is 14.4 Å². The van der Waals surface area contributed by atoms with Crippen molar-refractivity contribution in [3.05, 3.63) is 29.8 Å². The van der Waals surface area contributed by atoms with Crippen molar-refractivity contribution in [1.29, 1.82) is 0 Å². The van der Waals surface area contributed by atoms with Crippen molar-refractivity contribution in [1.82, 2.24) is 0 Å². The lowest BCUT2D eigenvalue weighted by atomic mass is 9.97. The predicted octanol–water partition coefficient (Wildman–Crippen LogP) is 2.16. The van der Waals surface area contributed by atoms with Crippen molar-refractivity contribution in [3.63, 3.8) is 0 Å². The number of hydrogen-bond acceptors (Lipinski definition) is 3. The Hall–Kier alpha value is -2.17. The minimum absolute atomic E-state index is 0.0535. The molecule has 2 atom stereocenters. The quantitative estimate of drug-likeness (QED) is 0.854. The summed E-state index contributed by atoms with van der Waals surface area (Å²) in [4.78, 5) is 35.6. The standard InChI is InChI=1S/C15H17NO4/c1-9(8-14(18)19)11-3-5-12(6-4-11)16-13(17)7-10(2)15(16)20/h3-6,9-10H,7-8H2,1-2H3,(H,18,19). The number of rotatable bonds is 4. The number of carbonyl (C=O) groups is 3. The maximum absolute atomic E-state index is 11.9. The topological polar surface area (TPSA) is 74.7 Å². The summed E-state index contributed by atoms with van der Waals surface area (Å²) in [7, 11) is 0. The van der Waals surface area contributed by atoms with Crippen LogP contribution in [0.2, 0.25) is 0 Å². The van der Waals surface area contributed by atoms with Gasteiger partial charge in [-0.3, -0.25) is 19.3 Å². The number of carboxylic acids is 1. The fourth-order valence-corrected chi connectivity index (χ4v) is 2.39. The molecule has 1 aromatic rings. The van der Waals surface area contributed by atoms with Gasteiger partial charge in [0.1, 0.15) is 0 Å². The van der Waals surface area contributed by atoms with E-state index >= 15 is 0 Å². The number of amides is 2. The zero-order valence-electron chi connectivity index (χ0n) is 11.5. The number of imide groups is 1. The van der Waals surface area contributed by atoms with Crippen LogP contribution in [-0.2, 0) is 14.4 Å². The van der Waals surface area contributed by atoms with E-state index in [0.29, 0.717) is 5.69 Å². The molecule has 2 rings (SSSR count). The Labute approximate surface area is 117 Å². The number of nitrogens with zero attached hydrogens (tertiary/aromatic N) is 1. The molecule has 0 spiro atoms. The Bertz CT molecular complexity index is 549. The van der Waals surface area contributed by atoms with Crippen LogP contribution in [0, 0.1) is 5.92 Å². The fourth-order valence-electron chi connectivity index (χ4n) is 2.39. The zero-order chi connectivity index (χ0) is 14.9. The van der Waals surface area contributed by atoms with E-state index in [0.717, 1.165) is 5.56 Å².